The van der Waals surface area contributed by atoms with Crippen LogP contribution in [0.4, 0.5) is 5.69 Å². The minimum Gasteiger partial charge on any atom is -0.490 e. The molecule has 0 fully saturated rings. The van der Waals surface area contributed by atoms with E-state index in [0.29, 0.717) is 41.0 Å². The van der Waals surface area contributed by atoms with Gasteiger partial charge >= 0.3 is 0 Å². The molecule has 0 unspecified atom stereocenters. The van der Waals surface area contributed by atoms with Crippen LogP contribution in [-0.4, -0.2) is 18.2 Å². The summed E-state index contributed by atoms with van der Waals surface area (Å²) < 4.78 is 11.8. The first kappa shape index (κ1) is 21.7. The van der Waals surface area contributed by atoms with E-state index >= 15 is 0 Å². The number of halogens is 1. The van der Waals surface area contributed by atoms with Crippen molar-refractivity contribution in [2.24, 2.45) is 5.10 Å². The molecule has 0 radical (unpaired) electrons. The zero-order valence-electron chi connectivity index (χ0n) is 17.9. The first-order valence-corrected chi connectivity index (χ1v) is 10.7. The molecule has 0 saturated heterocycles. The number of ether oxygens (including phenoxy) is 2. The third-order valence-electron chi connectivity index (χ3n) is 4.93. The summed E-state index contributed by atoms with van der Waals surface area (Å²) in [6.45, 7) is 4.54. The number of amides is 1. The molecule has 1 aliphatic heterocycles. The second kappa shape index (κ2) is 9.71. The Bertz CT molecular complexity index is 1170. The van der Waals surface area contributed by atoms with Crippen LogP contribution in [0.15, 0.2) is 83.5 Å². The predicted molar refractivity (Wildman–Crippen MR) is 128 cm³/mol. The first-order chi connectivity index (χ1) is 15.6. The number of anilines is 1. The molecule has 162 valence electrons. The molecule has 0 spiro atoms. The SMILES string of the molecule is CCOc1cc(/C=C2\C(=O)N(c3ccccc3)N=C2C)cc(Cl)c1OCc1ccccc1. The maximum atomic E-state index is 13.0. The van der Waals surface area contributed by atoms with Crippen LogP contribution in [-0.2, 0) is 11.4 Å². The predicted octanol–water partition coefficient (Wildman–Crippen LogP) is 6.12. The summed E-state index contributed by atoms with van der Waals surface area (Å²) in [6, 6.07) is 22.8. The Balaban J connectivity index is 1.62. The molecule has 0 bridgehead atoms. The van der Waals surface area contributed by atoms with Gasteiger partial charge in [-0.25, -0.2) is 0 Å². The number of carbonyl (C=O) groups is 1. The van der Waals surface area contributed by atoms with Crippen LogP contribution in [0, 0.1) is 0 Å². The number of hydrogen-bond donors (Lipinski definition) is 0. The standard InChI is InChI=1S/C26H23ClN2O3/c1-3-31-24-16-20(15-23(27)25(24)32-17-19-10-6-4-7-11-19)14-22-18(2)28-29(26(22)30)21-12-8-5-9-13-21/h4-16H,3,17H2,1-2H3/b22-14-. The first-order valence-electron chi connectivity index (χ1n) is 10.4. The van der Waals surface area contributed by atoms with Crippen LogP contribution in [0.25, 0.3) is 6.08 Å². The molecule has 3 aromatic carbocycles. The molecule has 1 heterocycles. The van der Waals surface area contributed by atoms with Gasteiger partial charge in [0.25, 0.3) is 5.91 Å². The Labute approximate surface area is 192 Å². The van der Waals surface area contributed by atoms with Gasteiger partial charge in [0, 0.05) is 0 Å². The largest absolute Gasteiger partial charge is 0.490 e. The van der Waals surface area contributed by atoms with Crippen LogP contribution < -0.4 is 14.5 Å². The fourth-order valence-electron chi connectivity index (χ4n) is 3.40. The quantitative estimate of drug-likeness (QED) is 0.410. The van der Waals surface area contributed by atoms with Gasteiger partial charge in [-0.05, 0) is 55.3 Å². The lowest BCUT2D eigenvalue weighted by Gasteiger charge is -2.15. The molecule has 1 aliphatic rings. The molecule has 0 atom stereocenters. The lowest BCUT2D eigenvalue weighted by molar-refractivity contribution is -0.114. The summed E-state index contributed by atoms with van der Waals surface area (Å²) in [5.74, 6) is 0.823. The van der Waals surface area contributed by atoms with E-state index < -0.39 is 0 Å². The van der Waals surface area contributed by atoms with Crippen LogP contribution in [0.1, 0.15) is 25.0 Å². The van der Waals surface area contributed by atoms with E-state index in [4.69, 9.17) is 21.1 Å². The Kier molecular flexibility index (Phi) is 6.57. The summed E-state index contributed by atoms with van der Waals surface area (Å²) in [5.41, 5.74) is 3.63. The maximum Gasteiger partial charge on any atom is 0.280 e. The van der Waals surface area contributed by atoms with Crippen LogP contribution in [0.5, 0.6) is 11.5 Å². The molecule has 0 N–H and O–H groups in total. The highest BCUT2D eigenvalue weighted by Crippen LogP contribution is 2.38. The molecule has 4 rings (SSSR count). The number of carbonyl (C=O) groups excluding carboxylic acids is 1. The number of nitrogens with zero attached hydrogens (tertiary/aromatic N) is 2. The van der Waals surface area contributed by atoms with Crippen LogP contribution in [0.2, 0.25) is 5.02 Å². The molecule has 0 saturated carbocycles. The van der Waals surface area contributed by atoms with Crippen LogP contribution >= 0.6 is 11.6 Å². The number of hydrogen-bond acceptors (Lipinski definition) is 4. The van der Waals surface area contributed by atoms with E-state index in [2.05, 4.69) is 5.10 Å². The molecule has 32 heavy (non-hydrogen) atoms. The maximum absolute atomic E-state index is 13.0. The summed E-state index contributed by atoms with van der Waals surface area (Å²) in [6.07, 6.45) is 1.78. The molecule has 0 aromatic heterocycles. The fourth-order valence-corrected chi connectivity index (χ4v) is 3.67. The fraction of sp³-hybridized carbons (Fsp3) is 0.154. The van der Waals surface area contributed by atoms with E-state index in [1.54, 1.807) is 12.1 Å². The molecular formula is C26H23ClN2O3. The zero-order valence-corrected chi connectivity index (χ0v) is 18.7. The second-order valence-electron chi connectivity index (χ2n) is 7.23. The van der Waals surface area contributed by atoms with Crippen molar-refractivity contribution in [2.45, 2.75) is 20.5 Å². The average molecular weight is 447 g/mol. The summed E-state index contributed by atoms with van der Waals surface area (Å²) in [5, 5.41) is 6.24. The number of para-hydroxylation sites is 1. The highest BCUT2D eigenvalue weighted by Gasteiger charge is 2.28. The number of hydrazone groups is 1. The molecule has 5 nitrogen and oxygen atoms in total. The Morgan fingerprint density at radius 2 is 1.69 bits per heavy atom. The van der Waals surface area contributed by atoms with Gasteiger partial charge in [0.2, 0.25) is 0 Å². The van der Waals surface area contributed by atoms with Crippen molar-refractivity contribution in [3.8, 4) is 11.5 Å². The molecule has 1 amide bonds. The van der Waals surface area contributed by atoms with E-state index in [0.717, 1.165) is 16.8 Å². The van der Waals surface area contributed by atoms with Gasteiger partial charge in [-0.3, -0.25) is 4.79 Å². The van der Waals surface area contributed by atoms with Crippen molar-refractivity contribution < 1.29 is 14.3 Å². The van der Waals surface area contributed by atoms with Gasteiger partial charge in [0.1, 0.15) is 6.61 Å². The smallest absolute Gasteiger partial charge is 0.280 e. The van der Waals surface area contributed by atoms with Gasteiger partial charge in [-0.2, -0.15) is 10.1 Å². The molecule has 6 heteroatoms. The third-order valence-corrected chi connectivity index (χ3v) is 5.21. The van der Waals surface area contributed by atoms with Gasteiger partial charge < -0.3 is 9.47 Å². The van der Waals surface area contributed by atoms with Crippen molar-refractivity contribution in [3.63, 3.8) is 0 Å². The van der Waals surface area contributed by atoms with E-state index in [9.17, 15) is 4.79 Å². The van der Waals surface area contributed by atoms with E-state index in [1.807, 2.05) is 80.6 Å². The summed E-state index contributed by atoms with van der Waals surface area (Å²) >= 11 is 6.56. The summed E-state index contributed by atoms with van der Waals surface area (Å²) in [4.78, 5) is 13.0. The second-order valence-corrected chi connectivity index (χ2v) is 7.64. The zero-order chi connectivity index (χ0) is 22.5. The van der Waals surface area contributed by atoms with Crippen molar-refractivity contribution in [3.05, 3.63) is 94.5 Å². The highest BCUT2D eigenvalue weighted by atomic mass is 35.5. The molecule has 3 aromatic rings. The minimum absolute atomic E-state index is 0.188. The lowest BCUT2D eigenvalue weighted by Crippen LogP contribution is -2.21. The third kappa shape index (κ3) is 4.68. The number of rotatable bonds is 7. The number of benzene rings is 3. The molecular weight excluding hydrogens is 424 g/mol. The Morgan fingerprint density at radius 1 is 1.00 bits per heavy atom. The van der Waals surface area contributed by atoms with Gasteiger partial charge in [-0.15, -0.1) is 0 Å². The normalized spacial score (nSPS) is 14.6. The average Bonchev–Trinajstić information content (AvgIpc) is 3.08. The van der Waals surface area contributed by atoms with Crippen molar-refractivity contribution in [2.75, 3.05) is 11.6 Å². The highest BCUT2D eigenvalue weighted by molar-refractivity contribution is 6.33. The van der Waals surface area contributed by atoms with Crippen molar-refractivity contribution in [1.82, 2.24) is 0 Å². The van der Waals surface area contributed by atoms with Crippen molar-refractivity contribution in [1.29, 1.82) is 0 Å². The van der Waals surface area contributed by atoms with Gasteiger partial charge in [0.15, 0.2) is 11.5 Å². The van der Waals surface area contributed by atoms with E-state index in [1.165, 1.54) is 5.01 Å². The Morgan fingerprint density at radius 3 is 2.38 bits per heavy atom. The van der Waals surface area contributed by atoms with Crippen molar-refractivity contribution >= 4 is 35.0 Å². The Hall–Kier alpha value is -3.57. The van der Waals surface area contributed by atoms with Gasteiger partial charge in [-0.1, -0.05) is 60.1 Å². The topological polar surface area (TPSA) is 51.1 Å². The molecule has 0 aliphatic carbocycles. The van der Waals surface area contributed by atoms with E-state index in [-0.39, 0.29) is 5.91 Å². The monoisotopic (exact) mass is 446 g/mol. The minimum atomic E-state index is -0.188. The summed E-state index contributed by atoms with van der Waals surface area (Å²) in [7, 11) is 0. The van der Waals surface area contributed by atoms with Crippen LogP contribution in [0.3, 0.4) is 0 Å². The van der Waals surface area contributed by atoms with Gasteiger partial charge in [0.05, 0.1) is 28.6 Å². The lowest BCUT2D eigenvalue weighted by atomic mass is 10.1.